The molecule has 1 saturated heterocycles. The minimum absolute atomic E-state index is 0.234. The Morgan fingerprint density at radius 3 is 2.53 bits per heavy atom. The van der Waals surface area contributed by atoms with Gasteiger partial charge in [-0.3, -0.25) is 4.79 Å². The summed E-state index contributed by atoms with van der Waals surface area (Å²) < 4.78 is 18.3. The number of anilines is 1. The van der Waals surface area contributed by atoms with Gasteiger partial charge in [-0.05, 0) is 92.9 Å². The molecule has 0 bridgehead atoms. The summed E-state index contributed by atoms with van der Waals surface area (Å²) in [6, 6.07) is 9.91. The number of nitrogens with two attached hydrogens (primary N) is 2. The van der Waals surface area contributed by atoms with Crippen molar-refractivity contribution in [2.24, 2.45) is 11.7 Å². The summed E-state index contributed by atoms with van der Waals surface area (Å²) in [5.41, 5.74) is 14.5. The summed E-state index contributed by atoms with van der Waals surface area (Å²) >= 11 is 0. The number of likely N-dealkylation sites (tertiary alicyclic amines) is 1. The maximum atomic E-state index is 13.0. The molecular weight excluding hydrogens is 409 g/mol. The van der Waals surface area contributed by atoms with Crippen molar-refractivity contribution in [3.05, 3.63) is 58.9 Å². The van der Waals surface area contributed by atoms with Crippen LogP contribution in [0.15, 0.2) is 36.4 Å². The van der Waals surface area contributed by atoms with Crippen LogP contribution in [0.1, 0.15) is 47.2 Å². The largest absolute Gasteiger partial charge is 0.496 e. The van der Waals surface area contributed by atoms with Crippen LogP contribution < -0.4 is 16.2 Å². The first kappa shape index (κ1) is 24.0. The molecule has 3 rings (SSSR count). The number of hydrogen-bond donors (Lipinski definition) is 3. The summed E-state index contributed by atoms with van der Waals surface area (Å²) in [7, 11) is 1.52. The minimum Gasteiger partial charge on any atom is -0.496 e. The molecule has 0 radical (unpaired) electrons. The number of primary amides is 1. The fourth-order valence-corrected chi connectivity index (χ4v) is 4.36. The molecule has 1 unspecified atom stereocenters. The highest BCUT2D eigenvalue weighted by molar-refractivity contribution is 5.96. The second-order valence-corrected chi connectivity index (χ2v) is 8.71. The van der Waals surface area contributed by atoms with E-state index in [-0.39, 0.29) is 11.9 Å². The van der Waals surface area contributed by atoms with Crippen LogP contribution >= 0.6 is 0 Å². The van der Waals surface area contributed by atoms with Gasteiger partial charge in [0.05, 0.1) is 18.8 Å². The highest BCUT2D eigenvalue weighted by Crippen LogP contribution is 2.30. The van der Waals surface area contributed by atoms with E-state index in [1.165, 1.54) is 19.2 Å². The summed E-state index contributed by atoms with van der Waals surface area (Å²) in [6.07, 6.45) is 4.79. The van der Waals surface area contributed by atoms with E-state index < -0.39 is 5.91 Å². The first-order chi connectivity index (χ1) is 15.4. The second kappa shape index (κ2) is 11.3. The fraction of sp³-hybridized carbons (Fsp3) is 0.480. The first-order valence-corrected chi connectivity index (χ1v) is 11.3. The highest BCUT2D eigenvalue weighted by Gasteiger charge is 2.22. The average Bonchev–Trinajstić information content (AvgIpc) is 2.79. The third-order valence-electron chi connectivity index (χ3n) is 6.40. The van der Waals surface area contributed by atoms with Crippen molar-refractivity contribution in [3.8, 4) is 5.75 Å². The highest BCUT2D eigenvalue weighted by atomic mass is 19.1. The molecule has 32 heavy (non-hydrogen) atoms. The van der Waals surface area contributed by atoms with E-state index in [9.17, 15) is 14.3 Å². The Hall–Kier alpha value is -2.64. The number of aryl methyl sites for hydroxylation is 1. The van der Waals surface area contributed by atoms with Gasteiger partial charge in [-0.2, -0.15) is 0 Å². The number of nitrogens with zero attached hydrogens (tertiary/aromatic N) is 1. The monoisotopic (exact) mass is 443 g/mol. The molecule has 1 atom stereocenters. The Kier molecular flexibility index (Phi) is 8.47. The lowest BCUT2D eigenvalue weighted by Crippen LogP contribution is -2.36. The number of carbonyl (C=O) groups is 1. The summed E-state index contributed by atoms with van der Waals surface area (Å²) in [5, 5.41) is 10.3. The topological polar surface area (TPSA) is 102 Å². The van der Waals surface area contributed by atoms with Gasteiger partial charge in [0.15, 0.2) is 0 Å². The molecule has 7 heteroatoms. The van der Waals surface area contributed by atoms with Crippen LogP contribution in [-0.4, -0.2) is 48.8 Å². The molecule has 0 aromatic heterocycles. The predicted octanol–water partition coefficient (Wildman–Crippen LogP) is 3.15. The molecule has 2 aromatic carbocycles. The molecule has 0 saturated carbocycles. The van der Waals surface area contributed by atoms with Crippen molar-refractivity contribution in [1.82, 2.24) is 4.90 Å². The molecule has 0 spiro atoms. The normalized spacial score (nSPS) is 16.1. The summed E-state index contributed by atoms with van der Waals surface area (Å²) in [4.78, 5) is 14.0. The number of benzene rings is 2. The molecule has 2 aromatic rings. The summed E-state index contributed by atoms with van der Waals surface area (Å²) in [5.74, 6) is 0.199. The smallest absolute Gasteiger partial charge is 0.252 e. The molecule has 1 aliphatic heterocycles. The molecular formula is C25H34FN3O3. The Morgan fingerprint density at radius 2 is 1.91 bits per heavy atom. The number of ether oxygens (including phenoxy) is 1. The maximum Gasteiger partial charge on any atom is 0.252 e. The molecule has 174 valence electrons. The second-order valence-electron chi connectivity index (χ2n) is 8.71. The number of halogens is 1. The van der Waals surface area contributed by atoms with Gasteiger partial charge in [0.2, 0.25) is 0 Å². The zero-order valence-corrected chi connectivity index (χ0v) is 18.7. The van der Waals surface area contributed by atoms with Crippen LogP contribution in [0.25, 0.3) is 0 Å². The maximum absolute atomic E-state index is 13.0. The fourth-order valence-electron chi connectivity index (χ4n) is 4.36. The van der Waals surface area contributed by atoms with Gasteiger partial charge in [0.25, 0.3) is 5.91 Å². The van der Waals surface area contributed by atoms with Gasteiger partial charge in [0.1, 0.15) is 11.6 Å². The van der Waals surface area contributed by atoms with Gasteiger partial charge in [0, 0.05) is 12.2 Å². The van der Waals surface area contributed by atoms with E-state index in [2.05, 4.69) is 4.90 Å². The van der Waals surface area contributed by atoms with Crippen LogP contribution in [0.5, 0.6) is 5.75 Å². The van der Waals surface area contributed by atoms with Crippen LogP contribution in [0, 0.1) is 11.7 Å². The minimum atomic E-state index is -0.548. The number of aliphatic hydroxyl groups is 1. The number of methoxy groups -OCH3 is 1. The third-order valence-corrected chi connectivity index (χ3v) is 6.40. The number of carbonyl (C=O) groups excluding carboxylic acids is 1. The van der Waals surface area contributed by atoms with Crippen molar-refractivity contribution >= 4 is 11.6 Å². The van der Waals surface area contributed by atoms with Gasteiger partial charge in [-0.1, -0.05) is 12.1 Å². The quantitative estimate of drug-likeness (QED) is 0.490. The Morgan fingerprint density at radius 1 is 1.22 bits per heavy atom. The van der Waals surface area contributed by atoms with Crippen molar-refractivity contribution in [2.45, 2.75) is 44.6 Å². The van der Waals surface area contributed by atoms with Gasteiger partial charge >= 0.3 is 0 Å². The third kappa shape index (κ3) is 6.68. The van der Waals surface area contributed by atoms with Gasteiger partial charge < -0.3 is 26.2 Å². The number of rotatable bonds is 10. The lowest BCUT2D eigenvalue weighted by Gasteiger charge is -2.32. The first-order valence-electron chi connectivity index (χ1n) is 11.3. The van der Waals surface area contributed by atoms with E-state index in [0.717, 1.165) is 62.9 Å². The lowest BCUT2D eigenvalue weighted by molar-refractivity contribution is 0.0997. The SMILES string of the molecule is COc1cc(CC2CCN(CCC(O)CCc3ccc(F)cc3)CC2)c(N)cc1C(N)=O. The van der Waals surface area contributed by atoms with Gasteiger partial charge in [-0.15, -0.1) is 0 Å². The van der Waals surface area contributed by atoms with Crippen LogP contribution in [0.4, 0.5) is 10.1 Å². The van der Waals surface area contributed by atoms with Crippen molar-refractivity contribution in [1.29, 1.82) is 0 Å². The van der Waals surface area contributed by atoms with Gasteiger partial charge in [-0.25, -0.2) is 4.39 Å². The van der Waals surface area contributed by atoms with E-state index in [0.29, 0.717) is 29.3 Å². The average molecular weight is 444 g/mol. The lowest BCUT2D eigenvalue weighted by atomic mass is 9.89. The van der Waals surface area contributed by atoms with Crippen LogP contribution in [-0.2, 0) is 12.8 Å². The number of aliphatic hydroxyl groups excluding tert-OH is 1. The summed E-state index contributed by atoms with van der Waals surface area (Å²) in [6.45, 7) is 2.86. The Balaban J connectivity index is 1.41. The number of nitrogen functional groups attached to an aromatic ring is 1. The Bertz CT molecular complexity index is 896. The zero-order chi connectivity index (χ0) is 23.1. The van der Waals surface area contributed by atoms with E-state index in [1.807, 2.05) is 6.07 Å². The van der Waals surface area contributed by atoms with Crippen LogP contribution in [0.2, 0.25) is 0 Å². The van der Waals surface area contributed by atoms with E-state index in [1.54, 1.807) is 18.2 Å². The molecule has 1 aliphatic rings. The van der Waals surface area contributed by atoms with Crippen molar-refractivity contribution in [2.75, 3.05) is 32.5 Å². The number of amides is 1. The van der Waals surface area contributed by atoms with Crippen molar-refractivity contribution < 1.29 is 19.0 Å². The molecule has 1 fully saturated rings. The standard InChI is InChI=1S/C25H34FN3O3/c1-32-24-15-19(23(27)16-22(24)25(28)31)14-18-8-11-29(12-9-18)13-10-21(30)7-4-17-2-5-20(26)6-3-17/h2-3,5-6,15-16,18,21,30H,4,7-14,27H2,1H3,(H2,28,31). The molecule has 6 nitrogen and oxygen atoms in total. The molecule has 0 aliphatic carbocycles. The van der Waals surface area contributed by atoms with E-state index in [4.69, 9.17) is 16.2 Å². The number of piperidine rings is 1. The molecule has 1 heterocycles. The van der Waals surface area contributed by atoms with Crippen LogP contribution in [0.3, 0.4) is 0 Å². The number of hydrogen-bond acceptors (Lipinski definition) is 5. The van der Waals surface area contributed by atoms with Crippen molar-refractivity contribution in [3.63, 3.8) is 0 Å². The Labute approximate surface area is 189 Å². The predicted molar refractivity (Wildman–Crippen MR) is 124 cm³/mol. The zero-order valence-electron chi connectivity index (χ0n) is 18.7. The molecule has 1 amide bonds. The molecule has 5 N–H and O–H groups in total. The van der Waals surface area contributed by atoms with E-state index >= 15 is 0 Å².